The number of ether oxygens (including phenoxy) is 1. The number of carbonyl (C=O) groups is 2. The predicted molar refractivity (Wildman–Crippen MR) is 85.1 cm³/mol. The van der Waals surface area contributed by atoms with Gasteiger partial charge in [0.15, 0.2) is 0 Å². The van der Waals surface area contributed by atoms with E-state index in [1.807, 2.05) is 27.7 Å². The van der Waals surface area contributed by atoms with E-state index in [2.05, 4.69) is 12.2 Å². The highest BCUT2D eigenvalue weighted by molar-refractivity contribution is 5.89. The maximum absolute atomic E-state index is 12.8. The molecule has 5 heteroatoms. The van der Waals surface area contributed by atoms with Crippen LogP contribution in [0.15, 0.2) is 0 Å². The van der Waals surface area contributed by atoms with E-state index in [4.69, 9.17) is 4.74 Å². The Hall–Kier alpha value is -1.10. The Kier molecular flexibility index (Phi) is 5.15. The molecular weight excluding hydrogens is 280 g/mol. The SMILES string of the molecule is CC1CCCC2(C1)OCC(C(=O)NC(C)C)N2C(=O)C(C)C. The summed E-state index contributed by atoms with van der Waals surface area (Å²) in [7, 11) is 0. The first kappa shape index (κ1) is 17.3. The fourth-order valence-electron chi connectivity index (χ4n) is 3.69. The summed E-state index contributed by atoms with van der Waals surface area (Å²) in [5.41, 5.74) is -0.571. The summed E-state index contributed by atoms with van der Waals surface area (Å²) >= 11 is 0. The summed E-state index contributed by atoms with van der Waals surface area (Å²) in [4.78, 5) is 27.1. The van der Waals surface area contributed by atoms with Crippen LogP contribution in [0.5, 0.6) is 0 Å². The molecule has 0 radical (unpaired) electrons. The second kappa shape index (κ2) is 6.57. The van der Waals surface area contributed by atoms with Gasteiger partial charge in [-0.25, -0.2) is 0 Å². The van der Waals surface area contributed by atoms with Crippen LogP contribution in [-0.2, 0) is 14.3 Å². The molecule has 0 aromatic rings. The van der Waals surface area contributed by atoms with Gasteiger partial charge in [-0.05, 0) is 39.0 Å². The lowest BCUT2D eigenvalue weighted by Gasteiger charge is -2.44. The number of rotatable bonds is 3. The van der Waals surface area contributed by atoms with Crippen LogP contribution < -0.4 is 5.32 Å². The third-order valence-corrected chi connectivity index (χ3v) is 4.66. The molecule has 0 bridgehead atoms. The molecule has 1 saturated heterocycles. The molecule has 126 valence electrons. The lowest BCUT2D eigenvalue weighted by atomic mass is 9.82. The van der Waals surface area contributed by atoms with Crippen LogP contribution >= 0.6 is 0 Å². The maximum atomic E-state index is 12.8. The van der Waals surface area contributed by atoms with Crippen molar-refractivity contribution >= 4 is 11.8 Å². The number of hydrogen-bond donors (Lipinski definition) is 1. The minimum Gasteiger partial charge on any atom is -0.353 e. The van der Waals surface area contributed by atoms with Gasteiger partial charge in [-0.3, -0.25) is 14.5 Å². The zero-order chi connectivity index (χ0) is 16.5. The number of amides is 2. The molecule has 3 unspecified atom stereocenters. The summed E-state index contributed by atoms with van der Waals surface area (Å²) in [5.74, 6) is 0.308. The highest BCUT2D eigenvalue weighted by Crippen LogP contribution is 2.43. The van der Waals surface area contributed by atoms with E-state index >= 15 is 0 Å². The lowest BCUT2D eigenvalue weighted by Crippen LogP contribution is -2.58. The minimum absolute atomic E-state index is 0.0236. The van der Waals surface area contributed by atoms with Crippen molar-refractivity contribution in [3.8, 4) is 0 Å². The summed E-state index contributed by atoms with van der Waals surface area (Å²) < 4.78 is 6.10. The Bertz CT molecular complexity index is 436. The van der Waals surface area contributed by atoms with Gasteiger partial charge in [-0.1, -0.05) is 27.2 Å². The summed E-state index contributed by atoms with van der Waals surface area (Å²) in [6, 6.07) is -0.437. The normalized spacial score (nSPS) is 32.0. The van der Waals surface area contributed by atoms with Crippen molar-refractivity contribution in [3.05, 3.63) is 0 Å². The monoisotopic (exact) mass is 310 g/mol. The highest BCUT2D eigenvalue weighted by atomic mass is 16.5. The highest BCUT2D eigenvalue weighted by Gasteiger charge is 2.54. The van der Waals surface area contributed by atoms with E-state index in [-0.39, 0.29) is 23.8 Å². The third kappa shape index (κ3) is 3.29. The van der Waals surface area contributed by atoms with Gasteiger partial charge in [0.05, 0.1) is 6.61 Å². The molecule has 2 rings (SSSR count). The molecule has 22 heavy (non-hydrogen) atoms. The van der Waals surface area contributed by atoms with Gasteiger partial charge in [0.25, 0.3) is 0 Å². The topological polar surface area (TPSA) is 58.6 Å². The average molecular weight is 310 g/mol. The van der Waals surface area contributed by atoms with Crippen LogP contribution in [0.4, 0.5) is 0 Å². The molecule has 2 amide bonds. The van der Waals surface area contributed by atoms with E-state index in [0.29, 0.717) is 12.5 Å². The molecule has 0 aromatic heterocycles. The first-order valence-corrected chi connectivity index (χ1v) is 8.54. The first-order chi connectivity index (χ1) is 10.3. The van der Waals surface area contributed by atoms with Gasteiger partial charge in [-0.2, -0.15) is 0 Å². The number of nitrogens with zero attached hydrogens (tertiary/aromatic N) is 1. The summed E-state index contributed by atoms with van der Waals surface area (Å²) in [6.07, 6.45) is 3.87. The number of hydrogen-bond acceptors (Lipinski definition) is 3. The summed E-state index contributed by atoms with van der Waals surface area (Å²) in [5, 5.41) is 2.93. The van der Waals surface area contributed by atoms with Crippen molar-refractivity contribution in [1.82, 2.24) is 10.2 Å². The molecule has 2 fully saturated rings. The number of carbonyl (C=O) groups excluding carboxylic acids is 2. The molecule has 1 aliphatic carbocycles. The van der Waals surface area contributed by atoms with Crippen LogP contribution in [0.3, 0.4) is 0 Å². The Balaban J connectivity index is 2.28. The van der Waals surface area contributed by atoms with Gasteiger partial charge in [0, 0.05) is 12.0 Å². The molecule has 1 spiro atoms. The molecule has 5 nitrogen and oxygen atoms in total. The van der Waals surface area contributed by atoms with Gasteiger partial charge in [0.1, 0.15) is 11.8 Å². The van der Waals surface area contributed by atoms with Gasteiger partial charge >= 0.3 is 0 Å². The van der Waals surface area contributed by atoms with Gasteiger partial charge in [-0.15, -0.1) is 0 Å². The standard InChI is InChI=1S/C17H30N2O3/c1-11(2)16(21)19-14(15(20)18-12(3)4)10-22-17(19)8-6-7-13(5)9-17/h11-14H,6-10H2,1-5H3,(H,18,20). The van der Waals surface area contributed by atoms with Crippen LogP contribution in [0, 0.1) is 11.8 Å². The molecule has 0 aromatic carbocycles. The van der Waals surface area contributed by atoms with Crippen LogP contribution in [0.25, 0.3) is 0 Å². The van der Waals surface area contributed by atoms with Crippen LogP contribution in [-0.4, -0.2) is 41.1 Å². The van der Waals surface area contributed by atoms with E-state index in [9.17, 15) is 9.59 Å². The van der Waals surface area contributed by atoms with Crippen molar-refractivity contribution in [2.45, 2.75) is 78.1 Å². The Morgan fingerprint density at radius 1 is 1.27 bits per heavy atom. The zero-order valence-electron chi connectivity index (χ0n) is 14.5. The van der Waals surface area contributed by atoms with Gasteiger partial charge < -0.3 is 10.1 Å². The fourth-order valence-corrected chi connectivity index (χ4v) is 3.69. The fraction of sp³-hybridized carbons (Fsp3) is 0.882. The first-order valence-electron chi connectivity index (χ1n) is 8.54. The maximum Gasteiger partial charge on any atom is 0.245 e. The smallest absolute Gasteiger partial charge is 0.245 e. The molecule has 1 heterocycles. The van der Waals surface area contributed by atoms with Crippen molar-refractivity contribution in [2.75, 3.05) is 6.61 Å². The van der Waals surface area contributed by atoms with Crippen molar-refractivity contribution in [3.63, 3.8) is 0 Å². The lowest BCUT2D eigenvalue weighted by molar-refractivity contribution is -0.165. The quantitative estimate of drug-likeness (QED) is 0.870. The molecule has 1 aliphatic heterocycles. The molecule has 1 N–H and O–H groups in total. The Morgan fingerprint density at radius 3 is 2.50 bits per heavy atom. The Morgan fingerprint density at radius 2 is 1.95 bits per heavy atom. The predicted octanol–water partition coefficient (Wildman–Crippen LogP) is 2.30. The molecule has 1 saturated carbocycles. The van der Waals surface area contributed by atoms with E-state index in [1.54, 1.807) is 4.90 Å². The average Bonchev–Trinajstić information content (AvgIpc) is 2.75. The third-order valence-electron chi connectivity index (χ3n) is 4.66. The zero-order valence-corrected chi connectivity index (χ0v) is 14.5. The number of nitrogens with one attached hydrogen (secondary N) is 1. The van der Waals surface area contributed by atoms with Crippen molar-refractivity contribution in [2.24, 2.45) is 11.8 Å². The van der Waals surface area contributed by atoms with E-state index in [1.165, 1.54) is 0 Å². The second-order valence-corrected chi connectivity index (χ2v) is 7.50. The molecule has 2 aliphatic rings. The van der Waals surface area contributed by atoms with Crippen molar-refractivity contribution < 1.29 is 14.3 Å². The molecular formula is C17H30N2O3. The summed E-state index contributed by atoms with van der Waals surface area (Å²) in [6.45, 7) is 10.1. The van der Waals surface area contributed by atoms with Crippen molar-refractivity contribution in [1.29, 1.82) is 0 Å². The van der Waals surface area contributed by atoms with Crippen LogP contribution in [0.1, 0.15) is 60.3 Å². The molecule has 3 atom stereocenters. The van der Waals surface area contributed by atoms with E-state index < -0.39 is 11.8 Å². The van der Waals surface area contributed by atoms with Crippen LogP contribution in [0.2, 0.25) is 0 Å². The largest absolute Gasteiger partial charge is 0.353 e. The minimum atomic E-state index is -0.571. The second-order valence-electron chi connectivity index (χ2n) is 7.50. The Labute approximate surface area is 133 Å². The van der Waals surface area contributed by atoms with E-state index in [0.717, 1.165) is 25.7 Å². The van der Waals surface area contributed by atoms with Gasteiger partial charge in [0.2, 0.25) is 11.8 Å².